The Kier molecular flexibility index (Phi) is 3.45. The van der Waals surface area contributed by atoms with Gasteiger partial charge in [-0.05, 0) is 44.6 Å². The van der Waals surface area contributed by atoms with Crippen LogP contribution in [0.4, 0.5) is 0 Å². The second-order valence-electron chi connectivity index (χ2n) is 6.60. The van der Waals surface area contributed by atoms with Crippen molar-refractivity contribution in [3.05, 3.63) is 0 Å². The van der Waals surface area contributed by atoms with Crippen LogP contribution in [-0.4, -0.2) is 36.1 Å². The smallest absolute Gasteiger partial charge is 0.0309 e. The molecule has 3 aliphatic rings. The van der Waals surface area contributed by atoms with E-state index in [1.165, 1.54) is 71.0 Å². The summed E-state index contributed by atoms with van der Waals surface area (Å²) in [6.45, 7) is 6.28. The number of nitrogens with zero attached hydrogens (tertiary/aromatic N) is 1. The number of hydrogen-bond donors (Lipinski definition) is 1. The third-order valence-electron chi connectivity index (χ3n) is 5.19. The van der Waals surface area contributed by atoms with Crippen LogP contribution in [0.3, 0.4) is 0 Å². The molecule has 17 heavy (non-hydrogen) atoms. The highest BCUT2D eigenvalue weighted by atomic mass is 15.3. The van der Waals surface area contributed by atoms with Gasteiger partial charge in [0.25, 0.3) is 0 Å². The lowest BCUT2D eigenvalue weighted by Gasteiger charge is -2.47. The van der Waals surface area contributed by atoms with Crippen LogP contribution in [0.1, 0.15) is 58.3 Å². The van der Waals surface area contributed by atoms with E-state index in [9.17, 15) is 0 Å². The van der Waals surface area contributed by atoms with Gasteiger partial charge in [-0.2, -0.15) is 0 Å². The van der Waals surface area contributed by atoms with Crippen LogP contribution in [0.15, 0.2) is 0 Å². The van der Waals surface area contributed by atoms with Crippen molar-refractivity contribution in [2.45, 2.75) is 69.9 Å². The Balaban J connectivity index is 1.64. The Morgan fingerprint density at radius 1 is 1.24 bits per heavy atom. The third kappa shape index (κ3) is 2.53. The zero-order chi connectivity index (χ0) is 11.7. The fourth-order valence-electron chi connectivity index (χ4n) is 3.95. The van der Waals surface area contributed by atoms with Crippen molar-refractivity contribution < 1.29 is 0 Å². The summed E-state index contributed by atoms with van der Waals surface area (Å²) in [6, 6.07) is 0.868. The van der Waals surface area contributed by atoms with Crippen molar-refractivity contribution >= 4 is 0 Å². The van der Waals surface area contributed by atoms with E-state index in [-0.39, 0.29) is 0 Å². The van der Waals surface area contributed by atoms with Crippen LogP contribution in [0, 0.1) is 5.92 Å². The first kappa shape index (κ1) is 12.0. The molecule has 2 aliphatic carbocycles. The molecular formula is C15H28N2. The molecule has 1 N–H and O–H groups in total. The summed E-state index contributed by atoms with van der Waals surface area (Å²) in [7, 11) is 0. The standard InChI is InChI=1S/C15H28N2/c1-2-3-10-17-12-15(8-4-5-9-15)16-11-14(17)13-6-7-13/h13-14,16H,2-12H2,1H3. The van der Waals surface area contributed by atoms with Gasteiger partial charge in [0, 0.05) is 24.7 Å². The molecule has 0 aromatic heterocycles. The van der Waals surface area contributed by atoms with Crippen LogP contribution in [0.2, 0.25) is 0 Å². The summed E-state index contributed by atoms with van der Waals surface area (Å²) in [4.78, 5) is 2.85. The predicted molar refractivity (Wildman–Crippen MR) is 72.2 cm³/mol. The van der Waals surface area contributed by atoms with Gasteiger partial charge in [0.2, 0.25) is 0 Å². The molecule has 1 atom stereocenters. The highest BCUT2D eigenvalue weighted by Crippen LogP contribution is 2.40. The van der Waals surface area contributed by atoms with Gasteiger partial charge in [0.05, 0.1) is 0 Å². The monoisotopic (exact) mass is 236 g/mol. The fraction of sp³-hybridized carbons (Fsp3) is 1.00. The Labute approximate surface area is 106 Å². The number of piperazine rings is 1. The molecule has 0 aromatic carbocycles. The summed E-state index contributed by atoms with van der Waals surface area (Å²) < 4.78 is 0. The number of nitrogens with one attached hydrogen (secondary N) is 1. The van der Waals surface area contributed by atoms with E-state index in [2.05, 4.69) is 17.1 Å². The highest BCUT2D eigenvalue weighted by Gasteiger charge is 2.45. The Bertz CT molecular complexity index is 254. The molecule has 0 bridgehead atoms. The molecule has 0 amide bonds. The molecule has 98 valence electrons. The van der Waals surface area contributed by atoms with Crippen LogP contribution in [0.25, 0.3) is 0 Å². The molecule has 2 saturated carbocycles. The van der Waals surface area contributed by atoms with Crippen molar-refractivity contribution in [2.24, 2.45) is 5.92 Å². The van der Waals surface area contributed by atoms with E-state index in [1.807, 2.05) is 0 Å². The summed E-state index contributed by atoms with van der Waals surface area (Å²) in [5.74, 6) is 1.03. The van der Waals surface area contributed by atoms with Gasteiger partial charge in [-0.15, -0.1) is 0 Å². The maximum Gasteiger partial charge on any atom is 0.0309 e. The Morgan fingerprint density at radius 2 is 2.00 bits per heavy atom. The molecule has 1 unspecified atom stereocenters. The van der Waals surface area contributed by atoms with Gasteiger partial charge >= 0.3 is 0 Å². The summed E-state index contributed by atoms with van der Waals surface area (Å²) in [6.07, 6.45) is 11.4. The zero-order valence-electron chi connectivity index (χ0n) is 11.4. The highest BCUT2D eigenvalue weighted by molar-refractivity contribution is 5.03. The Morgan fingerprint density at radius 3 is 2.65 bits per heavy atom. The van der Waals surface area contributed by atoms with Crippen molar-refractivity contribution in [1.82, 2.24) is 10.2 Å². The predicted octanol–water partition coefficient (Wildman–Crippen LogP) is 2.78. The number of hydrogen-bond acceptors (Lipinski definition) is 2. The minimum Gasteiger partial charge on any atom is -0.308 e. The van der Waals surface area contributed by atoms with Gasteiger partial charge in [-0.25, -0.2) is 0 Å². The minimum absolute atomic E-state index is 0.513. The van der Waals surface area contributed by atoms with E-state index in [1.54, 1.807) is 0 Å². The van der Waals surface area contributed by atoms with Crippen LogP contribution in [-0.2, 0) is 0 Å². The van der Waals surface area contributed by atoms with Crippen molar-refractivity contribution in [3.63, 3.8) is 0 Å². The average molecular weight is 236 g/mol. The van der Waals surface area contributed by atoms with Gasteiger partial charge in [0.1, 0.15) is 0 Å². The zero-order valence-corrected chi connectivity index (χ0v) is 11.4. The molecular weight excluding hydrogens is 208 g/mol. The number of rotatable bonds is 4. The van der Waals surface area contributed by atoms with Gasteiger partial charge in [-0.3, -0.25) is 4.90 Å². The SMILES string of the molecule is CCCCN1CC2(CCCC2)NCC1C1CC1. The second-order valence-corrected chi connectivity index (χ2v) is 6.60. The minimum atomic E-state index is 0.513. The maximum absolute atomic E-state index is 3.93. The average Bonchev–Trinajstić information content (AvgIpc) is 3.09. The second kappa shape index (κ2) is 4.89. The first-order valence-electron chi connectivity index (χ1n) is 7.82. The molecule has 3 rings (SSSR count). The number of unbranched alkanes of at least 4 members (excludes halogenated alkanes) is 1. The molecule has 1 heterocycles. The van der Waals surface area contributed by atoms with E-state index in [0.29, 0.717) is 5.54 Å². The molecule has 1 aliphatic heterocycles. The first-order chi connectivity index (χ1) is 8.33. The molecule has 2 nitrogen and oxygen atoms in total. The topological polar surface area (TPSA) is 15.3 Å². The maximum atomic E-state index is 3.93. The molecule has 0 aromatic rings. The summed E-state index contributed by atoms with van der Waals surface area (Å²) >= 11 is 0. The van der Waals surface area contributed by atoms with Gasteiger partial charge in [-0.1, -0.05) is 26.2 Å². The summed E-state index contributed by atoms with van der Waals surface area (Å²) in [5.41, 5.74) is 0.513. The molecule has 0 radical (unpaired) electrons. The van der Waals surface area contributed by atoms with Gasteiger partial charge in [0.15, 0.2) is 0 Å². The molecule has 2 heteroatoms. The Hall–Kier alpha value is -0.0800. The van der Waals surface area contributed by atoms with Crippen LogP contribution < -0.4 is 5.32 Å². The van der Waals surface area contributed by atoms with Crippen molar-refractivity contribution in [3.8, 4) is 0 Å². The van der Waals surface area contributed by atoms with E-state index < -0.39 is 0 Å². The lowest BCUT2D eigenvalue weighted by atomic mass is 9.91. The van der Waals surface area contributed by atoms with Gasteiger partial charge < -0.3 is 5.32 Å². The molecule has 3 fully saturated rings. The van der Waals surface area contributed by atoms with Crippen LogP contribution >= 0.6 is 0 Å². The molecule has 1 saturated heterocycles. The van der Waals surface area contributed by atoms with Crippen LogP contribution in [0.5, 0.6) is 0 Å². The quantitative estimate of drug-likeness (QED) is 0.807. The van der Waals surface area contributed by atoms with E-state index in [4.69, 9.17) is 0 Å². The summed E-state index contributed by atoms with van der Waals surface area (Å²) in [5, 5.41) is 3.93. The van der Waals surface area contributed by atoms with Crippen molar-refractivity contribution in [2.75, 3.05) is 19.6 Å². The fourth-order valence-corrected chi connectivity index (χ4v) is 3.95. The first-order valence-corrected chi connectivity index (χ1v) is 7.82. The lowest BCUT2D eigenvalue weighted by Crippen LogP contribution is -2.63. The molecule has 1 spiro atoms. The normalized spacial score (nSPS) is 33.4. The van der Waals surface area contributed by atoms with E-state index >= 15 is 0 Å². The van der Waals surface area contributed by atoms with Crippen molar-refractivity contribution in [1.29, 1.82) is 0 Å². The lowest BCUT2D eigenvalue weighted by molar-refractivity contribution is 0.0681. The van der Waals surface area contributed by atoms with E-state index in [0.717, 1.165) is 12.0 Å². The third-order valence-corrected chi connectivity index (χ3v) is 5.19. The largest absolute Gasteiger partial charge is 0.308 e.